The lowest BCUT2D eigenvalue weighted by Crippen LogP contribution is -2.18. The van der Waals surface area contributed by atoms with Gasteiger partial charge in [-0.15, -0.1) is 0 Å². The lowest BCUT2D eigenvalue weighted by Gasteiger charge is -2.08. The van der Waals surface area contributed by atoms with E-state index in [2.05, 4.69) is 20.6 Å². The molecule has 0 radical (unpaired) electrons. The Morgan fingerprint density at radius 2 is 1.93 bits per heavy atom. The molecule has 0 bridgehead atoms. The molecule has 1 aromatic carbocycles. The number of carbonyl (C=O) groups excluding carboxylic acids is 2. The average Bonchev–Trinajstić information content (AvgIpc) is 3.21. The van der Waals surface area contributed by atoms with E-state index in [1.54, 1.807) is 54.9 Å². The van der Waals surface area contributed by atoms with Crippen LogP contribution >= 0.6 is 0 Å². The van der Waals surface area contributed by atoms with E-state index in [0.29, 0.717) is 17.2 Å². The second-order valence-corrected chi connectivity index (χ2v) is 5.55. The number of rotatable bonds is 6. The second-order valence-electron chi connectivity index (χ2n) is 5.55. The van der Waals surface area contributed by atoms with E-state index in [9.17, 15) is 9.59 Å². The molecule has 2 heterocycles. The number of carbonyl (C=O) groups is 2. The van der Waals surface area contributed by atoms with Crippen molar-refractivity contribution in [2.45, 2.75) is 0 Å². The first-order valence-corrected chi connectivity index (χ1v) is 8.22. The van der Waals surface area contributed by atoms with Crippen LogP contribution in [-0.4, -0.2) is 28.8 Å². The second kappa shape index (κ2) is 8.48. The van der Waals surface area contributed by atoms with Crippen molar-refractivity contribution in [3.63, 3.8) is 0 Å². The van der Waals surface area contributed by atoms with Gasteiger partial charge in [-0.2, -0.15) is 0 Å². The molecule has 0 saturated heterocycles. The number of nitrogens with one attached hydrogen (secondary N) is 3. The molecule has 2 aromatic heterocycles. The molecule has 0 atom stereocenters. The monoisotopic (exact) mass is 362 g/mol. The lowest BCUT2D eigenvalue weighted by atomic mass is 10.2. The first kappa shape index (κ1) is 17.9. The largest absolute Gasteiger partial charge is 0.457 e. The van der Waals surface area contributed by atoms with E-state index in [1.165, 1.54) is 19.3 Å². The fourth-order valence-corrected chi connectivity index (χ4v) is 2.27. The summed E-state index contributed by atoms with van der Waals surface area (Å²) in [4.78, 5) is 30.5. The van der Waals surface area contributed by atoms with E-state index in [1.807, 2.05) is 6.07 Å². The van der Waals surface area contributed by atoms with E-state index < -0.39 is 0 Å². The summed E-state index contributed by atoms with van der Waals surface area (Å²) >= 11 is 0. The molecule has 0 spiro atoms. The third-order valence-electron chi connectivity index (χ3n) is 3.60. The van der Waals surface area contributed by atoms with Gasteiger partial charge in [0.1, 0.15) is 17.2 Å². The molecule has 7 heteroatoms. The fraction of sp³-hybridized carbons (Fsp3) is 0.0500. The zero-order valence-electron chi connectivity index (χ0n) is 14.6. The maximum absolute atomic E-state index is 11.9. The number of aromatic amines is 1. The standard InChI is InChI=1S/C20H18N4O3/c1-21-20(26)18-12-17(9-11-23-18)27-16-5-3-15(4-6-16)24-19(25)7-2-14-8-10-22-13-14/h2-13,22H,1H3,(H,21,26)(H,24,25). The number of anilines is 1. The molecule has 0 fully saturated rings. The maximum Gasteiger partial charge on any atom is 0.269 e. The van der Waals surface area contributed by atoms with Crippen LogP contribution in [0.4, 0.5) is 5.69 Å². The fourth-order valence-electron chi connectivity index (χ4n) is 2.27. The van der Waals surface area contributed by atoms with Gasteiger partial charge in [0, 0.05) is 43.5 Å². The molecule has 3 rings (SSSR count). The van der Waals surface area contributed by atoms with E-state index >= 15 is 0 Å². The molecule has 136 valence electrons. The smallest absolute Gasteiger partial charge is 0.269 e. The maximum atomic E-state index is 11.9. The van der Waals surface area contributed by atoms with Gasteiger partial charge in [-0.05, 0) is 48.0 Å². The van der Waals surface area contributed by atoms with Crippen LogP contribution in [0.2, 0.25) is 0 Å². The van der Waals surface area contributed by atoms with Gasteiger partial charge in [0.05, 0.1) is 0 Å². The molecule has 3 N–H and O–H groups in total. The Morgan fingerprint density at radius 1 is 1.11 bits per heavy atom. The molecular formula is C20H18N4O3. The lowest BCUT2D eigenvalue weighted by molar-refractivity contribution is -0.111. The van der Waals surface area contributed by atoms with Gasteiger partial charge in [0.15, 0.2) is 0 Å². The highest BCUT2D eigenvalue weighted by Gasteiger charge is 2.07. The Bertz CT molecular complexity index is 948. The summed E-state index contributed by atoms with van der Waals surface area (Å²) in [5.74, 6) is 0.556. The van der Waals surface area contributed by atoms with Crippen molar-refractivity contribution < 1.29 is 14.3 Å². The number of pyridine rings is 1. The van der Waals surface area contributed by atoms with Crippen LogP contribution in [0.5, 0.6) is 11.5 Å². The summed E-state index contributed by atoms with van der Waals surface area (Å²) in [6.45, 7) is 0. The molecule has 2 amide bonds. The van der Waals surface area contributed by atoms with Crippen molar-refractivity contribution in [1.29, 1.82) is 0 Å². The van der Waals surface area contributed by atoms with Gasteiger partial charge in [-0.1, -0.05) is 0 Å². The molecular weight excluding hydrogens is 344 g/mol. The molecule has 0 aliphatic heterocycles. The number of H-pyrrole nitrogens is 1. The molecule has 3 aromatic rings. The van der Waals surface area contributed by atoms with Crippen molar-refractivity contribution in [3.8, 4) is 11.5 Å². The molecule has 0 aliphatic carbocycles. The summed E-state index contributed by atoms with van der Waals surface area (Å²) in [5.41, 5.74) is 1.84. The number of benzene rings is 1. The van der Waals surface area contributed by atoms with Gasteiger partial charge in [0.25, 0.3) is 5.91 Å². The average molecular weight is 362 g/mol. The van der Waals surface area contributed by atoms with Gasteiger partial charge < -0.3 is 20.4 Å². The summed E-state index contributed by atoms with van der Waals surface area (Å²) in [6.07, 6.45) is 8.27. The van der Waals surface area contributed by atoms with Gasteiger partial charge in [-0.3, -0.25) is 14.6 Å². The minimum Gasteiger partial charge on any atom is -0.457 e. The third kappa shape index (κ3) is 5.05. The van der Waals surface area contributed by atoms with Crippen LogP contribution in [0.3, 0.4) is 0 Å². The molecule has 0 saturated carbocycles. The Labute approximate surface area is 156 Å². The number of aromatic nitrogens is 2. The van der Waals surface area contributed by atoms with Gasteiger partial charge in [0.2, 0.25) is 5.91 Å². The zero-order valence-corrected chi connectivity index (χ0v) is 14.6. The molecule has 27 heavy (non-hydrogen) atoms. The number of hydrogen-bond acceptors (Lipinski definition) is 4. The Balaban J connectivity index is 1.60. The van der Waals surface area contributed by atoms with Crippen LogP contribution in [-0.2, 0) is 4.79 Å². The van der Waals surface area contributed by atoms with Crippen molar-refractivity contribution in [3.05, 3.63) is 78.4 Å². The van der Waals surface area contributed by atoms with E-state index in [0.717, 1.165) is 5.56 Å². The summed E-state index contributed by atoms with van der Waals surface area (Å²) in [7, 11) is 1.54. The van der Waals surface area contributed by atoms with Crippen molar-refractivity contribution in [1.82, 2.24) is 15.3 Å². The third-order valence-corrected chi connectivity index (χ3v) is 3.60. The molecule has 0 unspecified atom stereocenters. The Kier molecular flexibility index (Phi) is 5.64. The molecule has 7 nitrogen and oxygen atoms in total. The van der Waals surface area contributed by atoms with Crippen molar-refractivity contribution >= 4 is 23.6 Å². The van der Waals surface area contributed by atoms with Crippen LogP contribution in [0, 0.1) is 0 Å². The van der Waals surface area contributed by atoms with E-state index in [-0.39, 0.29) is 17.5 Å². The zero-order chi connectivity index (χ0) is 19.1. The van der Waals surface area contributed by atoms with Gasteiger partial charge in [-0.25, -0.2) is 0 Å². The number of hydrogen-bond donors (Lipinski definition) is 3. The SMILES string of the molecule is CNC(=O)c1cc(Oc2ccc(NC(=O)C=Cc3cc[nH]c3)cc2)ccn1. The highest BCUT2D eigenvalue weighted by Crippen LogP contribution is 2.23. The minimum atomic E-state index is -0.286. The summed E-state index contributed by atoms with van der Waals surface area (Å²) in [5, 5.41) is 5.29. The predicted octanol–water partition coefficient (Wildman–Crippen LogP) is 3.21. The van der Waals surface area contributed by atoms with Crippen LogP contribution in [0.25, 0.3) is 6.08 Å². The molecule has 0 aliphatic rings. The topological polar surface area (TPSA) is 96.1 Å². The predicted molar refractivity (Wildman–Crippen MR) is 103 cm³/mol. The summed E-state index contributed by atoms with van der Waals surface area (Å²) < 4.78 is 5.72. The van der Waals surface area contributed by atoms with Crippen LogP contribution in [0.15, 0.2) is 67.1 Å². The van der Waals surface area contributed by atoms with Crippen LogP contribution < -0.4 is 15.4 Å². The van der Waals surface area contributed by atoms with Crippen LogP contribution in [0.1, 0.15) is 16.1 Å². The normalized spacial score (nSPS) is 10.6. The quantitative estimate of drug-likeness (QED) is 0.587. The van der Waals surface area contributed by atoms with Crippen molar-refractivity contribution in [2.24, 2.45) is 0 Å². The number of nitrogens with zero attached hydrogens (tertiary/aromatic N) is 1. The summed E-state index contributed by atoms with van der Waals surface area (Å²) in [6, 6.07) is 12.0. The Hall–Kier alpha value is -3.87. The number of amides is 2. The van der Waals surface area contributed by atoms with Gasteiger partial charge >= 0.3 is 0 Å². The first-order chi connectivity index (χ1) is 13.1. The van der Waals surface area contributed by atoms with E-state index in [4.69, 9.17) is 4.74 Å². The minimum absolute atomic E-state index is 0.228. The first-order valence-electron chi connectivity index (χ1n) is 8.22. The highest BCUT2D eigenvalue weighted by atomic mass is 16.5. The van der Waals surface area contributed by atoms with Crippen molar-refractivity contribution in [2.75, 3.05) is 12.4 Å². The Morgan fingerprint density at radius 3 is 2.63 bits per heavy atom. The number of ether oxygens (including phenoxy) is 1. The highest BCUT2D eigenvalue weighted by molar-refractivity contribution is 6.01.